The van der Waals surface area contributed by atoms with Crippen LogP contribution in [0.1, 0.15) is 49.7 Å². The van der Waals surface area contributed by atoms with Gasteiger partial charge in [-0.2, -0.15) is 4.91 Å². The molecule has 0 N–H and O–H groups in total. The Morgan fingerprint density at radius 3 is 2.38 bits per heavy atom. The van der Waals surface area contributed by atoms with Gasteiger partial charge in [0.2, 0.25) is 0 Å². The third-order valence-corrected chi connectivity index (χ3v) is 5.63. The molecule has 2 saturated heterocycles. The molecule has 2 aliphatic rings. The second-order valence-electron chi connectivity index (χ2n) is 7.68. The molecular weight excluding hydrogens is 322 g/mol. The quantitative estimate of drug-likeness (QED) is 0.575. The Bertz CT molecular complexity index is 603. The van der Waals surface area contributed by atoms with Crippen molar-refractivity contribution in [3.05, 3.63) is 40.3 Å². The molecule has 0 atom stereocenters. The molecule has 1 aromatic rings. The van der Waals surface area contributed by atoms with E-state index in [0.717, 1.165) is 51.0 Å². The van der Waals surface area contributed by atoms with Crippen LogP contribution in [0.2, 0.25) is 0 Å². The van der Waals surface area contributed by atoms with Crippen LogP contribution in [0.25, 0.3) is 0 Å². The zero-order chi connectivity index (χ0) is 18.0. The van der Waals surface area contributed by atoms with Gasteiger partial charge in [0.25, 0.3) is 0 Å². The molecule has 2 heterocycles. The SMILES string of the molecule is O=NCC1CCN(Cc2ccc(C#CCCN3CCCCC3)cc2)CC1. The van der Waals surface area contributed by atoms with Crippen LogP contribution < -0.4 is 0 Å². The van der Waals surface area contributed by atoms with E-state index < -0.39 is 0 Å². The molecule has 2 fully saturated rings. The van der Waals surface area contributed by atoms with E-state index >= 15 is 0 Å². The van der Waals surface area contributed by atoms with Crippen LogP contribution >= 0.6 is 0 Å². The number of hydrogen-bond acceptors (Lipinski definition) is 4. The van der Waals surface area contributed by atoms with E-state index in [0.29, 0.717) is 12.5 Å². The summed E-state index contributed by atoms with van der Waals surface area (Å²) in [5, 5.41) is 3.05. The number of piperidine rings is 2. The zero-order valence-corrected chi connectivity index (χ0v) is 15.8. The van der Waals surface area contributed by atoms with E-state index in [-0.39, 0.29) is 0 Å². The van der Waals surface area contributed by atoms with Gasteiger partial charge in [-0.05, 0) is 75.5 Å². The summed E-state index contributed by atoms with van der Waals surface area (Å²) < 4.78 is 0. The minimum Gasteiger partial charge on any atom is -0.302 e. The Hall–Kier alpha value is -1.70. The number of hydrogen-bond donors (Lipinski definition) is 0. The maximum absolute atomic E-state index is 10.4. The molecule has 4 nitrogen and oxygen atoms in total. The largest absolute Gasteiger partial charge is 0.302 e. The van der Waals surface area contributed by atoms with Gasteiger partial charge in [0.1, 0.15) is 0 Å². The van der Waals surface area contributed by atoms with Gasteiger partial charge in [0.15, 0.2) is 0 Å². The fourth-order valence-corrected chi connectivity index (χ4v) is 3.95. The Kier molecular flexibility index (Phi) is 7.66. The highest BCUT2D eigenvalue weighted by atomic mass is 16.3. The van der Waals surface area contributed by atoms with Crippen LogP contribution in [0.3, 0.4) is 0 Å². The second kappa shape index (κ2) is 10.4. The summed E-state index contributed by atoms with van der Waals surface area (Å²) in [6, 6.07) is 8.69. The highest BCUT2D eigenvalue weighted by Gasteiger charge is 2.19. The van der Waals surface area contributed by atoms with Gasteiger partial charge in [0.05, 0.1) is 6.54 Å². The lowest BCUT2D eigenvalue weighted by Gasteiger charge is -2.30. The summed E-state index contributed by atoms with van der Waals surface area (Å²) in [5.74, 6) is 7.13. The van der Waals surface area contributed by atoms with Gasteiger partial charge < -0.3 is 4.90 Å². The summed E-state index contributed by atoms with van der Waals surface area (Å²) in [6.45, 7) is 7.22. The molecule has 0 aromatic heterocycles. The molecule has 0 spiro atoms. The predicted octanol–water partition coefficient (Wildman–Crippen LogP) is 3.89. The third kappa shape index (κ3) is 6.23. The molecule has 3 rings (SSSR count). The van der Waals surface area contributed by atoms with Crippen LogP contribution in [-0.2, 0) is 6.54 Å². The van der Waals surface area contributed by atoms with Crippen LogP contribution in [0.5, 0.6) is 0 Å². The topological polar surface area (TPSA) is 35.9 Å². The Labute approximate surface area is 157 Å². The van der Waals surface area contributed by atoms with Gasteiger partial charge in [-0.15, -0.1) is 0 Å². The molecule has 0 saturated carbocycles. The second-order valence-corrected chi connectivity index (χ2v) is 7.68. The molecule has 0 radical (unpaired) electrons. The zero-order valence-electron chi connectivity index (χ0n) is 15.8. The lowest BCUT2D eigenvalue weighted by Crippen LogP contribution is -2.34. The average Bonchev–Trinajstić information content (AvgIpc) is 2.69. The first-order valence-electron chi connectivity index (χ1n) is 10.1. The summed E-state index contributed by atoms with van der Waals surface area (Å²) >= 11 is 0. The van der Waals surface area contributed by atoms with Gasteiger partial charge >= 0.3 is 0 Å². The first kappa shape index (κ1) is 19.1. The maximum atomic E-state index is 10.4. The molecule has 0 bridgehead atoms. The number of likely N-dealkylation sites (tertiary alicyclic amines) is 2. The van der Waals surface area contributed by atoms with Crippen molar-refractivity contribution in [2.24, 2.45) is 11.1 Å². The maximum Gasteiger partial charge on any atom is 0.0840 e. The van der Waals surface area contributed by atoms with E-state index in [2.05, 4.69) is 51.1 Å². The van der Waals surface area contributed by atoms with E-state index in [1.807, 2.05) is 0 Å². The molecular formula is C22H31N3O. The monoisotopic (exact) mass is 353 g/mol. The third-order valence-electron chi connectivity index (χ3n) is 5.63. The molecule has 0 amide bonds. The van der Waals surface area contributed by atoms with Gasteiger partial charge in [-0.3, -0.25) is 4.90 Å². The normalized spacial score (nSPS) is 19.7. The van der Waals surface area contributed by atoms with Crippen molar-refractivity contribution in [1.82, 2.24) is 9.80 Å². The number of benzene rings is 1. The summed E-state index contributed by atoms with van der Waals surface area (Å²) in [4.78, 5) is 15.4. The van der Waals surface area contributed by atoms with Gasteiger partial charge in [0, 0.05) is 25.1 Å². The molecule has 1 aromatic carbocycles. The van der Waals surface area contributed by atoms with E-state index in [9.17, 15) is 4.91 Å². The van der Waals surface area contributed by atoms with Crippen molar-refractivity contribution in [2.75, 3.05) is 39.3 Å². The fraction of sp³-hybridized carbons (Fsp3) is 0.636. The van der Waals surface area contributed by atoms with Crippen LogP contribution in [0.15, 0.2) is 29.4 Å². The fourth-order valence-electron chi connectivity index (χ4n) is 3.95. The van der Waals surface area contributed by atoms with Crippen molar-refractivity contribution < 1.29 is 0 Å². The number of nitroso groups, excluding NO2 is 1. The minimum atomic E-state index is 0.485. The Morgan fingerprint density at radius 1 is 0.962 bits per heavy atom. The van der Waals surface area contributed by atoms with Gasteiger partial charge in [-0.25, -0.2) is 0 Å². The number of nitrogens with zero attached hydrogens (tertiary/aromatic N) is 3. The van der Waals surface area contributed by atoms with E-state index in [1.165, 1.54) is 37.9 Å². The average molecular weight is 354 g/mol. The van der Waals surface area contributed by atoms with Crippen molar-refractivity contribution in [1.29, 1.82) is 0 Å². The van der Waals surface area contributed by atoms with Crippen molar-refractivity contribution in [2.45, 2.75) is 45.1 Å². The van der Waals surface area contributed by atoms with Gasteiger partial charge in [-0.1, -0.05) is 35.6 Å². The van der Waals surface area contributed by atoms with Crippen molar-refractivity contribution in [3.63, 3.8) is 0 Å². The molecule has 0 unspecified atom stereocenters. The summed E-state index contributed by atoms with van der Waals surface area (Å²) in [5.41, 5.74) is 2.46. The highest BCUT2D eigenvalue weighted by molar-refractivity contribution is 5.36. The Morgan fingerprint density at radius 2 is 1.69 bits per heavy atom. The number of rotatable bonds is 6. The molecule has 4 heteroatoms. The van der Waals surface area contributed by atoms with E-state index in [1.54, 1.807) is 0 Å². The molecule has 0 aliphatic carbocycles. The summed E-state index contributed by atoms with van der Waals surface area (Å²) in [7, 11) is 0. The smallest absolute Gasteiger partial charge is 0.0840 e. The molecule has 140 valence electrons. The van der Waals surface area contributed by atoms with Crippen molar-refractivity contribution in [3.8, 4) is 11.8 Å². The highest BCUT2D eigenvalue weighted by Crippen LogP contribution is 2.19. The predicted molar refractivity (Wildman–Crippen MR) is 107 cm³/mol. The minimum absolute atomic E-state index is 0.485. The standard InChI is InChI=1S/C22H31N3O/c26-23-18-21-11-16-25(17-12-21)19-22-9-7-20(8-10-22)6-2-5-15-24-13-3-1-4-14-24/h7-10,21H,1,3-5,11-19H2. The summed E-state index contributed by atoms with van der Waals surface area (Å²) in [6.07, 6.45) is 7.23. The Balaban J connectivity index is 1.39. The van der Waals surface area contributed by atoms with Crippen LogP contribution in [0.4, 0.5) is 0 Å². The first-order chi connectivity index (χ1) is 12.8. The van der Waals surface area contributed by atoms with Crippen LogP contribution in [-0.4, -0.2) is 49.1 Å². The lowest BCUT2D eigenvalue weighted by molar-refractivity contribution is 0.180. The van der Waals surface area contributed by atoms with Crippen molar-refractivity contribution >= 4 is 0 Å². The van der Waals surface area contributed by atoms with Crippen LogP contribution in [0, 0.1) is 22.7 Å². The molecule has 26 heavy (non-hydrogen) atoms. The van der Waals surface area contributed by atoms with E-state index in [4.69, 9.17) is 0 Å². The lowest BCUT2D eigenvalue weighted by atomic mass is 9.97. The first-order valence-corrected chi connectivity index (χ1v) is 10.1. The molecule has 2 aliphatic heterocycles.